The topological polar surface area (TPSA) is 122 Å². The lowest BCUT2D eigenvalue weighted by molar-refractivity contribution is -0.118. The van der Waals surface area contributed by atoms with Crippen molar-refractivity contribution in [1.82, 2.24) is 9.97 Å². The molecule has 1 saturated carbocycles. The van der Waals surface area contributed by atoms with E-state index in [1.807, 2.05) is 25.2 Å². The van der Waals surface area contributed by atoms with Gasteiger partial charge in [0.1, 0.15) is 11.1 Å². The molecule has 2 aromatic rings. The highest BCUT2D eigenvalue weighted by atomic mass is 35.5. The number of nitrogens with zero attached hydrogens (tertiary/aromatic N) is 3. The summed E-state index contributed by atoms with van der Waals surface area (Å²) in [6.07, 6.45) is 6.71. The van der Waals surface area contributed by atoms with Gasteiger partial charge < -0.3 is 26.0 Å². The number of carbonyl (C=O) groups is 2. The van der Waals surface area contributed by atoms with E-state index in [4.69, 9.17) is 22.1 Å². The minimum Gasteiger partial charge on any atom is -0.444 e. The standard InChI is InChI=1S/C25H29ClN6O3/c1-25(2)9-8-19(33)32(3)18-7-6-15(11-16(18)25)29-24-28-12-17(26)22(31-24)30-20-13-4-5-14(10-13)21(20)35-23(27)34/h4-7,11-14,20-21H,8-10H2,1-3H3,(H2,27,34)(H2,28,29,30,31)/t13-,14+,20+,21-/m0/s1. The number of halogens is 1. The Morgan fingerprint density at radius 2 is 2.06 bits per heavy atom. The monoisotopic (exact) mass is 496 g/mol. The molecule has 0 saturated heterocycles. The molecule has 3 aliphatic rings. The van der Waals surface area contributed by atoms with Crippen LogP contribution in [-0.2, 0) is 14.9 Å². The summed E-state index contributed by atoms with van der Waals surface area (Å²) >= 11 is 6.41. The van der Waals surface area contributed by atoms with Gasteiger partial charge in [0.2, 0.25) is 11.9 Å². The Hall–Kier alpha value is -3.33. The van der Waals surface area contributed by atoms with Crippen molar-refractivity contribution in [3.05, 3.63) is 47.1 Å². The molecular formula is C25H29ClN6O3. The highest BCUT2D eigenvalue weighted by molar-refractivity contribution is 6.32. The number of nitrogens with one attached hydrogen (secondary N) is 2. The van der Waals surface area contributed by atoms with Crippen molar-refractivity contribution in [2.75, 3.05) is 22.6 Å². The minimum absolute atomic E-state index is 0.114. The molecule has 0 spiro atoms. The average molecular weight is 497 g/mol. The molecule has 35 heavy (non-hydrogen) atoms. The number of aromatic nitrogens is 2. The molecule has 2 aliphatic carbocycles. The smallest absolute Gasteiger partial charge is 0.404 e. The first-order valence-corrected chi connectivity index (χ1v) is 12.1. The van der Waals surface area contributed by atoms with Crippen LogP contribution in [0, 0.1) is 11.8 Å². The normalized spacial score (nSPS) is 26.3. The Morgan fingerprint density at radius 1 is 1.29 bits per heavy atom. The van der Waals surface area contributed by atoms with Crippen LogP contribution >= 0.6 is 11.6 Å². The molecule has 4 N–H and O–H groups in total. The number of fused-ring (bicyclic) bond motifs is 3. The number of hydrogen-bond donors (Lipinski definition) is 3. The summed E-state index contributed by atoms with van der Waals surface area (Å²) in [6, 6.07) is 5.73. The molecule has 10 heteroatoms. The average Bonchev–Trinajstić information content (AvgIpc) is 3.39. The minimum atomic E-state index is -0.794. The van der Waals surface area contributed by atoms with E-state index in [1.165, 1.54) is 6.20 Å². The number of rotatable bonds is 5. The van der Waals surface area contributed by atoms with Gasteiger partial charge in [-0.15, -0.1) is 0 Å². The van der Waals surface area contributed by atoms with Gasteiger partial charge in [0.05, 0.1) is 12.2 Å². The Bertz CT molecular complexity index is 1220. The number of hydrogen-bond acceptors (Lipinski definition) is 7. The fourth-order valence-electron chi connectivity index (χ4n) is 5.38. The van der Waals surface area contributed by atoms with Gasteiger partial charge in [0, 0.05) is 36.7 Å². The van der Waals surface area contributed by atoms with Gasteiger partial charge in [-0.25, -0.2) is 9.78 Å². The zero-order valence-electron chi connectivity index (χ0n) is 19.9. The quantitative estimate of drug-likeness (QED) is 0.525. The SMILES string of the molecule is CN1C(=O)CCC(C)(C)c2cc(Nc3ncc(Cl)c(N[C@H]4[C@@H](OC(N)=O)[C@@H]5C=C[C@H]4C5)n3)ccc21. The molecule has 5 rings (SSSR count). The number of primary amides is 1. The number of nitrogens with two attached hydrogens (primary N) is 1. The summed E-state index contributed by atoms with van der Waals surface area (Å²) in [5.74, 6) is 1.25. The molecule has 2 heterocycles. The van der Waals surface area contributed by atoms with E-state index in [-0.39, 0.29) is 35.3 Å². The van der Waals surface area contributed by atoms with Crippen LogP contribution in [0.1, 0.15) is 38.7 Å². The summed E-state index contributed by atoms with van der Waals surface area (Å²) in [6.45, 7) is 4.30. The van der Waals surface area contributed by atoms with E-state index in [1.54, 1.807) is 4.90 Å². The summed E-state index contributed by atoms with van der Waals surface area (Å²) in [7, 11) is 1.82. The van der Waals surface area contributed by atoms with E-state index in [0.29, 0.717) is 23.2 Å². The van der Waals surface area contributed by atoms with Crippen molar-refractivity contribution >= 4 is 46.7 Å². The van der Waals surface area contributed by atoms with Crippen LogP contribution in [0.25, 0.3) is 0 Å². The van der Waals surface area contributed by atoms with Gasteiger partial charge in [-0.2, -0.15) is 4.98 Å². The molecule has 2 bridgehead atoms. The summed E-state index contributed by atoms with van der Waals surface area (Å²) in [5.41, 5.74) is 7.94. The van der Waals surface area contributed by atoms with Gasteiger partial charge in [-0.05, 0) is 42.0 Å². The predicted octanol–water partition coefficient (Wildman–Crippen LogP) is 4.36. The lowest BCUT2D eigenvalue weighted by Crippen LogP contribution is -2.41. The second-order valence-electron chi connectivity index (χ2n) is 10.1. The summed E-state index contributed by atoms with van der Waals surface area (Å²) in [5, 5.41) is 6.98. The lowest BCUT2D eigenvalue weighted by atomic mass is 9.80. The van der Waals surface area contributed by atoms with E-state index >= 15 is 0 Å². The third-order valence-electron chi connectivity index (χ3n) is 7.37. The Balaban J connectivity index is 1.39. The summed E-state index contributed by atoms with van der Waals surface area (Å²) < 4.78 is 5.39. The first kappa shape index (κ1) is 23.4. The number of anilines is 4. The summed E-state index contributed by atoms with van der Waals surface area (Å²) in [4.78, 5) is 34.5. The molecular weight excluding hydrogens is 468 g/mol. The maximum atomic E-state index is 12.4. The van der Waals surface area contributed by atoms with Crippen molar-refractivity contribution in [3.63, 3.8) is 0 Å². The zero-order chi connectivity index (χ0) is 24.9. The van der Waals surface area contributed by atoms with E-state index in [0.717, 1.165) is 29.8 Å². The van der Waals surface area contributed by atoms with Crippen molar-refractivity contribution in [1.29, 1.82) is 0 Å². The van der Waals surface area contributed by atoms with Crippen molar-refractivity contribution in [2.45, 2.75) is 50.7 Å². The first-order valence-electron chi connectivity index (χ1n) is 11.7. The van der Waals surface area contributed by atoms with Crippen LogP contribution in [0.5, 0.6) is 0 Å². The first-order chi connectivity index (χ1) is 16.6. The second kappa shape index (κ2) is 8.71. The van der Waals surface area contributed by atoms with Gasteiger partial charge >= 0.3 is 6.09 Å². The molecule has 9 nitrogen and oxygen atoms in total. The Labute approximate surface area is 209 Å². The molecule has 2 amide bonds. The fourth-order valence-corrected chi connectivity index (χ4v) is 5.53. The van der Waals surface area contributed by atoms with Crippen LogP contribution < -0.4 is 21.3 Å². The largest absolute Gasteiger partial charge is 0.444 e. The predicted molar refractivity (Wildman–Crippen MR) is 135 cm³/mol. The zero-order valence-corrected chi connectivity index (χ0v) is 20.7. The number of carbonyl (C=O) groups excluding carboxylic acids is 2. The third-order valence-corrected chi connectivity index (χ3v) is 7.64. The maximum absolute atomic E-state index is 12.4. The van der Waals surface area contributed by atoms with Crippen molar-refractivity contribution in [3.8, 4) is 0 Å². The van der Waals surface area contributed by atoms with Gasteiger partial charge in [-0.1, -0.05) is 37.6 Å². The molecule has 184 valence electrons. The highest BCUT2D eigenvalue weighted by Gasteiger charge is 2.47. The van der Waals surface area contributed by atoms with Crippen LogP contribution in [0.4, 0.5) is 27.9 Å². The van der Waals surface area contributed by atoms with E-state index in [9.17, 15) is 9.59 Å². The van der Waals surface area contributed by atoms with Crippen LogP contribution in [-0.4, -0.2) is 41.2 Å². The van der Waals surface area contributed by atoms with Gasteiger partial charge in [0.25, 0.3) is 0 Å². The fraction of sp³-hybridized carbons (Fsp3) is 0.440. The number of benzene rings is 1. The second-order valence-corrected chi connectivity index (χ2v) is 10.5. The highest BCUT2D eigenvalue weighted by Crippen LogP contribution is 2.43. The van der Waals surface area contributed by atoms with Crippen LogP contribution in [0.3, 0.4) is 0 Å². The third kappa shape index (κ3) is 4.40. The molecule has 0 radical (unpaired) electrons. The van der Waals surface area contributed by atoms with Gasteiger partial charge in [0.15, 0.2) is 5.82 Å². The molecule has 0 unspecified atom stereocenters. The molecule has 1 aromatic carbocycles. The Morgan fingerprint density at radius 3 is 2.83 bits per heavy atom. The van der Waals surface area contributed by atoms with Crippen LogP contribution in [0.2, 0.25) is 5.02 Å². The van der Waals surface area contributed by atoms with E-state index in [2.05, 4.69) is 46.6 Å². The molecule has 1 fully saturated rings. The maximum Gasteiger partial charge on any atom is 0.404 e. The van der Waals surface area contributed by atoms with Crippen molar-refractivity contribution < 1.29 is 14.3 Å². The molecule has 1 aromatic heterocycles. The lowest BCUT2D eigenvalue weighted by Gasteiger charge is -2.28. The van der Waals surface area contributed by atoms with Crippen LogP contribution in [0.15, 0.2) is 36.5 Å². The number of amides is 2. The van der Waals surface area contributed by atoms with E-state index < -0.39 is 6.09 Å². The van der Waals surface area contributed by atoms with Crippen molar-refractivity contribution in [2.24, 2.45) is 17.6 Å². The molecule has 1 aliphatic heterocycles. The number of ether oxygens (including phenoxy) is 1. The molecule has 4 atom stereocenters. The van der Waals surface area contributed by atoms with Gasteiger partial charge in [-0.3, -0.25) is 4.79 Å². The Kier molecular flexibility index (Phi) is 5.83.